The summed E-state index contributed by atoms with van der Waals surface area (Å²) in [4.78, 5) is 34.8. The van der Waals surface area contributed by atoms with Crippen LogP contribution in [0.2, 0.25) is 0 Å². The van der Waals surface area contributed by atoms with E-state index in [0.717, 1.165) is 0 Å². The van der Waals surface area contributed by atoms with Crippen molar-refractivity contribution in [3.05, 3.63) is 0 Å². The van der Waals surface area contributed by atoms with E-state index in [1.54, 1.807) is 27.7 Å². The third-order valence-electron chi connectivity index (χ3n) is 3.90. The van der Waals surface area contributed by atoms with Crippen LogP contribution in [-0.2, 0) is 23.9 Å². The molecule has 100 valence electrons. The Bertz CT molecular complexity index is 418. The standard InChI is InChI=1S/C13H18O5/c1-12(2,3)11(16)17-6-9-13(4)7(5-8(13)14)10(15)18-9/h7,9H,5-6H2,1-4H3/t7?,9-,13-/m1/s1. The third-order valence-corrected chi connectivity index (χ3v) is 3.90. The maximum absolute atomic E-state index is 11.7. The van der Waals surface area contributed by atoms with Crippen LogP contribution in [0.3, 0.4) is 0 Å². The summed E-state index contributed by atoms with van der Waals surface area (Å²) in [6.07, 6.45) is -0.387. The van der Waals surface area contributed by atoms with Crippen molar-refractivity contribution in [3.8, 4) is 0 Å². The van der Waals surface area contributed by atoms with E-state index in [1.807, 2.05) is 0 Å². The first-order valence-electron chi connectivity index (χ1n) is 6.08. The van der Waals surface area contributed by atoms with E-state index >= 15 is 0 Å². The highest BCUT2D eigenvalue weighted by Gasteiger charge is 2.66. The molecule has 1 saturated carbocycles. The highest BCUT2D eigenvalue weighted by Crippen LogP contribution is 2.52. The molecule has 3 atom stereocenters. The van der Waals surface area contributed by atoms with Gasteiger partial charge in [0, 0.05) is 6.42 Å². The summed E-state index contributed by atoms with van der Waals surface area (Å²) in [5.74, 6) is -1.07. The molecule has 2 aliphatic rings. The number of ketones is 1. The van der Waals surface area contributed by atoms with Crippen LogP contribution in [0.15, 0.2) is 0 Å². The average Bonchev–Trinajstić information content (AvgIpc) is 2.45. The molecule has 1 saturated heterocycles. The van der Waals surface area contributed by atoms with Crippen molar-refractivity contribution >= 4 is 17.7 Å². The lowest BCUT2D eigenvalue weighted by Crippen LogP contribution is -2.53. The van der Waals surface area contributed by atoms with Crippen molar-refractivity contribution < 1.29 is 23.9 Å². The zero-order chi connectivity index (χ0) is 13.7. The normalized spacial score (nSPS) is 34.7. The fourth-order valence-corrected chi connectivity index (χ4v) is 2.33. The van der Waals surface area contributed by atoms with Crippen molar-refractivity contribution in [3.63, 3.8) is 0 Å². The molecule has 1 aliphatic carbocycles. The molecule has 0 N–H and O–H groups in total. The lowest BCUT2D eigenvalue weighted by molar-refractivity contribution is -0.163. The molecule has 18 heavy (non-hydrogen) atoms. The van der Waals surface area contributed by atoms with Gasteiger partial charge in [-0.2, -0.15) is 0 Å². The molecule has 0 amide bonds. The molecule has 1 aliphatic heterocycles. The Labute approximate surface area is 106 Å². The van der Waals surface area contributed by atoms with Gasteiger partial charge in [-0.05, 0) is 27.7 Å². The summed E-state index contributed by atoms with van der Waals surface area (Å²) in [7, 11) is 0. The molecule has 2 rings (SSSR count). The van der Waals surface area contributed by atoms with Gasteiger partial charge < -0.3 is 9.47 Å². The predicted molar refractivity (Wildman–Crippen MR) is 61.5 cm³/mol. The van der Waals surface area contributed by atoms with Gasteiger partial charge in [-0.25, -0.2) is 0 Å². The van der Waals surface area contributed by atoms with Gasteiger partial charge in [-0.15, -0.1) is 0 Å². The van der Waals surface area contributed by atoms with E-state index in [1.165, 1.54) is 0 Å². The van der Waals surface area contributed by atoms with E-state index in [0.29, 0.717) is 0 Å². The monoisotopic (exact) mass is 254 g/mol. The summed E-state index contributed by atoms with van der Waals surface area (Å²) in [6, 6.07) is 0. The molecular weight excluding hydrogens is 236 g/mol. The number of hydrogen-bond donors (Lipinski definition) is 0. The van der Waals surface area contributed by atoms with Crippen molar-refractivity contribution in [2.24, 2.45) is 16.7 Å². The zero-order valence-electron chi connectivity index (χ0n) is 11.1. The van der Waals surface area contributed by atoms with Gasteiger partial charge in [0.2, 0.25) is 0 Å². The molecular formula is C13H18O5. The maximum atomic E-state index is 11.7. The van der Waals surface area contributed by atoms with E-state index in [-0.39, 0.29) is 36.7 Å². The minimum Gasteiger partial charge on any atom is -0.461 e. The molecule has 5 heteroatoms. The number of hydrogen-bond acceptors (Lipinski definition) is 5. The molecule has 5 nitrogen and oxygen atoms in total. The van der Waals surface area contributed by atoms with E-state index in [9.17, 15) is 14.4 Å². The number of rotatable bonds is 2. The Morgan fingerprint density at radius 1 is 1.44 bits per heavy atom. The van der Waals surface area contributed by atoms with Crippen molar-refractivity contribution in [1.29, 1.82) is 0 Å². The van der Waals surface area contributed by atoms with E-state index < -0.39 is 16.9 Å². The summed E-state index contributed by atoms with van der Waals surface area (Å²) in [5.41, 5.74) is -1.40. The van der Waals surface area contributed by atoms with Crippen LogP contribution >= 0.6 is 0 Å². The number of cyclic esters (lactones) is 1. The van der Waals surface area contributed by atoms with Crippen molar-refractivity contribution in [1.82, 2.24) is 0 Å². The van der Waals surface area contributed by atoms with Gasteiger partial charge in [0.15, 0.2) is 0 Å². The number of esters is 2. The number of Topliss-reactive ketones (excluding diaryl/α,β-unsaturated/α-hetero) is 1. The van der Waals surface area contributed by atoms with Gasteiger partial charge in [-0.3, -0.25) is 14.4 Å². The number of fused-ring (bicyclic) bond motifs is 1. The Kier molecular flexibility index (Phi) is 2.76. The molecule has 1 heterocycles. The number of carbonyl (C=O) groups excluding carboxylic acids is 3. The fraction of sp³-hybridized carbons (Fsp3) is 0.769. The zero-order valence-corrected chi connectivity index (χ0v) is 11.1. The minimum absolute atomic E-state index is 0.00941. The predicted octanol–water partition coefficient (Wildman–Crippen LogP) is 1.10. The molecule has 0 aromatic heterocycles. The van der Waals surface area contributed by atoms with Gasteiger partial charge >= 0.3 is 11.9 Å². The number of ether oxygens (including phenoxy) is 2. The molecule has 0 aromatic rings. The Balaban J connectivity index is 2.01. The smallest absolute Gasteiger partial charge is 0.311 e. The Hall–Kier alpha value is -1.39. The second-order valence-electron chi connectivity index (χ2n) is 6.24. The molecule has 0 bridgehead atoms. The van der Waals surface area contributed by atoms with Crippen molar-refractivity contribution in [2.75, 3.05) is 6.61 Å². The van der Waals surface area contributed by atoms with E-state index in [2.05, 4.69) is 0 Å². The van der Waals surface area contributed by atoms with Crippen LogP contribution < -0.4 is 0 Å². The first kappa shape index (κ1) is 13.1. The first-order valence-corrected chi connectivity index (χ1v) is 6.08. The van der Waals surface area contributed by atoms with Crippen LogP contribution in [0.4, 0.5) is 0 Å². The Morgan fingerprint density at radius 2 is 2.06 bits per heavy atom. The summed E-state index contributed by atoms with van der Waals surface area (Å²) in [6.45, 7) is 6.91. The summed E-state index contributed by atoms with van der Waals surface area (Å²) >= 11 is 0. The fourth-order valence-electron chi connectivity index (χ4n) is 2.33. The molecule has 0 radical (unpaired) electrons. The van der Waals surface area contributed by atoms with Crippen LogP contribution in [0.1, 0.15) is 34.1 Å². The van der Waals surface area contributed by atoms with Crippen molar-refractivity contribution in [2.45, 2.75) is 40.2 Å². The van der Waals surface area contributed by atoms with Gasteiger partial charge in [0.25, 0.3) is 0 Å². The van der Waals surface area contributed by atoms with Crippen LogP contribution in [0.25, 0.3) is 0 Å². The van der Waals surface area contributed by atoms with Gasteiger partial charge in [-0.1, -0.05) is 0 Å². The topological polar surface area (TPSA) is 69.7 Å². The van der Waals surface area contributed by atoms with Crippen LogP contribution in [0, 0.1) is 16.7 Å². The molecule has 2 fully saturated rings. The van der Waals surface area contributed by atoms with E-state index in [4.69, 9.17) is 9.47 Å². The second kappa shape index (κ2) is 3.80. The SMILES string of the molecule is CC(C)(C)C(=O)OC[C@H]1OC(=O)C2CC(=O)[C@@]21C. The largest absolute Gasteiger partial charge is 0.461 e. The van der Waals surface area contributed by atoms with Crippen LogP contribution in [0.5, 0.6) is 0 Å². The highest BCUT2D eigenvalue weighted by atomic mass is 16.6. The molecule has 0 aromatic carbocycles. The highest BCUT2D eigenvalue weighted by molar-refractivity contribution is 6.02. The first-order chi connectivity index (χ1) is 8.17. The quantitative estimate of drug-likeness (QED) is 0.690. The third kappa shape index (κ3) is 1.72. The van der Waals surface area contributed by atoms with Gasteiger partial charge in [0.1, 0.15) is 18.5 Å². The summed E-state index contributed by atoms with van der Waals surface area (Å²) < 4.78 is 10.3. The lowest BCUT2D eigenvalue weighted by atomic mass is 9.59. The summed E-state index contributed by atoms with van der Waals surface area (Å²) in [5, 5.41) is 0. The molecule has 0 spiro atoms. The maximum Gasteiger partial charge on any atom is 0.311 e. The lowest BCUT2D eigenvalue weighted by Gasteiger charge is -2.39. The average molecular weight is 254 g/mol. The second-order valence-corrected chi connectivity index (χ2v) is 6.24. The number of carbonyl (C=O) groups is 3. The molecule has 1 unspecified atom stereocenters. The van der Waals surface area contributed by atoms with Crippen LogP contribution in [-0.4, -0.2) is 30.4 Å². The minimum atomic E-state index is -0.796. The van der Waals surface area contributed by atoms with Gasteiger partial charge in [0.05, 0.1) is 16.7 Å². The Morgan fingerprint density at radius 3 is 2.56 bits per heavy atom.